The predicted octanol–water partition coefficient (Wildman–Crippen LogP) is 3.45. The zero-order valence-corrected chi connectivity index (χ0v) is 16.7. The number of nitro benzene ring substituents is 1. The van der Waals surface area contributed by atoms with Crippen molar-refractivity contribution in [2.45, 2.75) is 30.6 Å². The van der Waals surface area contributed by atoms with Crippen LogP contribution in [0.4, 0.5) is 11.4 Å². The molecule has 0 atom stereocenters. The van der Waals surface area contributed by atoms with Crippen molar-refractivity contribution in [2.24, 2.45) is 0 Å². The van der Waals surface area contributed by atoms with Crippen molar-refractivity contribution in [2.75, 3.05) is 25.0 Å². The quantitative estimate of drug-likeness (QED) is 0.420. The van der Waals surface area contributed by atoms with E-state index in [9.17, 15) is 23.3 Å². The standard InChI is InChI=1S/C20H23N3O5S/c24-20(16-5-9-18(10-6-16)23(25)26)15-21-17-7-11-19(12-8-17)29(27,28)22-13-3-1-2-4-14-22/h5-12,21H,1-4,13-15H2. The van der Waals surface area contributed by atoms with E-state index in [0.29, 0.717) is 24.3 Å². The number of ketones is 1. The molecule has 1 fully saturated rings. The largest absolute Gasteiger partial charge is 0.378 e. The molecule has 1 aliphatic rings. The molecule has 9 heteroatoms. The number of nitrogens with zero attached hydrogens (tertiary/aromatic N) is 2. The Balaban J connectivity index is 1.61. The Bertz CT molecular complexity index is 964. The second-order valence-electron chi connectivity index (χ2n) is 6.92. The molecule has 2 aromatic carbocycles. The highest BCUT2D eigenvalue weighted by atomic mass is 32.2. The lowest BCUT2D eigenvalue weighted by Crippen LogP contribution is -2.31. The average Bonchev–Trinajstić information content (AvgIpc) is 3.02. The molecule has 29 heavy (non-hydrogen) atoms. The minimum atomic E-state index is -3.50. The maximum atomic E-state index is 12.8. The second-order valence-corrected chi connectivity index (χ2v) is 8.86. The van der Waals surface area contributed by atoms with E-state index in [-0.39, 0.29) is 22.9 Å². The van der Waals surface area contributed by atoms with E-state index >= 15 is 0 Å². The monoisotopic (exact) mass is 417 g/mol. The van der Waals surface area contributed by atoms with Crippen molar-refractivity contribution < 1.29 is 18.1 Å². The summed E-state index contributed by atoms with van der Waals surface area (Å²) in [7, 11) is -3.50. The van der Waals surface area contributed by atoms with Gasteiger partial charge in [-0.1, -0.05) is 12.8 Å². The summed E-state index contributed by atoms with van der Waals surface area (Å²) < 4.78 is 27.1. The van der Waals surface area contributed by atoms with Crippen molar-refractivity contribution in [3.05, 3.63) is 64.2 Å². The molecule has 0 aliphatic carbocycles. The summed E-state index contributed by atoms with van der Waals surface area (Å²) >= 11 is 0. The molecule has 3 rings (SSSR count). The molecule has 0 aromatic heterocycles. The molecule has 1 N–H and O–H groups in total. The van der Waals surface area contributed by atoms with E-state index in [4.69, 9.17) is 0 Å². The Hall–Kier alpha value is -2.78. The molecule has 0 amide bonds. The second kappa shape index (κ2) is 9.15. The van der Waals surface area contributed by atoms with E-state index in [0.717, 1.165) is 25.7 Å². The number of hydrogen-bond acceptors (Lipinski definition) is 6. The van der Waals surface area contributed by atoms with Crippen LogP contribution in [0, 0.1) is 10.1 Å². The van der Waals surface area contributed by atoms with Crippen LogP contribution in [-0.2, 0) is 10.0 Å². The van der Waals surface area contributed by atoms with Crippen molar-refractivity contribution >= 4 is 27.2 Å². The van der Waals surface area contributed by atoms with Crippen LogP contribution in [0.25, 0.3) is 0 Å². The molecular formula is C20H23N3O5S. The summed E-state index contributed by atoms with van der Waals surface area (Å²) in [6, 6.07) is 11.8. The van der Waals surface area contributed by atoms with Gasteiger partial charge in [-0.2, -0.15) is 4.31 Å². The van der Waals surface area contributed by atoms with Gasteiger partial charge in [-0.05, 0) is 49.2 Å². The number of benzene rings is 2. The van der Waals surface area contributed by atoms with Crippen molar-refractivity contribution in [3.8, 4) is 0 Å². The van der Waals surface area contributed by atoms with Crippen LogP contribution in [0.15, 0.2) is 53.4 Å². The highest BCUT2D eigenvalue weighted by molar-refractivity contribution is 7.89. The molecule has 0 saturated carbocycles. The number of rotatable bonds is 7. The van der Waals surface area contributed by atoms with Crippen LogP contribution in [0.2, 0.25) is 0 Å². The first-order valence-corrected chi connectivity index (χ1v) is 10.9. The normalized spacial score (nSPS) is 15.4. The van der Waals surface area contributed by atoms with Crippen LogP contribution >= 0.6 is 0 Å². The van der Waals surface area contributed by atoms with E-state index < -0.39 is 14.9 Å². The molecule has 0 radical (unpaired) electrons. The number of hydrogen-bond donors (Lipinski definition) is 1. The summed E-state index contributed by atoms with van der Waals surface area (Å²) in [5, 5.41) is 13.6. The smallest absolute Gasteiger partial charge is 0.269 e. The Labute approximate surface area is 169 Å². The zero-order valence-electron chi connectivity index (χ0n) is 15.9. The third-order valence-electron chi connectivity index (χ3n) is 4.91. The van der Waals surface area contributed by atoms with Gasteiger partial charge in [-0.25, -0.2) is 8.42 Å². The molecule has 0 unspecified atom stereocenters. The number of carbonyl (C=O) groups is 1. The third kappa shape index (κ3) is 5.18. The van der Waals surface area contributed by atoms with E-state index in [2.05, 4.69) is 5.32 Å². The van der Waals surface area contributed by atoms with Gasteiger partial charge >= 0.3 is 0 Å². The predicted molar refractivity (Wildman–Crippen MR) is 110 cm³/mol. The summed E-state index contributed by atoms with van der Waals surface area (Å²) in [5.41, 5.74) is 0.911. The van der Waals surface area contributed by atoms with Gasteiger partial charge in [0.25, 0.3) is 5.69 Å². The topological polar surface area (TPSA) is 110 Å². The van der Waals surface area contributed by atoms with E-state index in [1.165, 1.54) is 24.3 Å². The summed E-state index contributed by atoms with van der Waals surface area (Å²) in [6.45, 7) is 1.09. The lowest BCUT2D eigenvalue weighted by molar-refractivity contribution is -0.384. The number of Topliss-reactive ketones (excluding diaryl/α,β-unsaturated/α-hetero) is 1. The Morgan fingerprint density at radius 1 is 0.966 bits per heavy atom. The molecule has 154 valence electrons. The van der Waals surface area contributed by atoms with Gasteiger partial charge in [0, 0.05) is 36.5 Å². The van der Waals surface area contributed by atoms with Crippen molar-refractivity contribution in [1.82, 2.24) is 4.31 Å². The number of nitro groups is 1. The van der Waals surface area contributed by atoms with Crippen LogP contribution in [0.1, 0.15) is 36.0 Å². The van der Waals surface area contributed by atoms with Crippen molar-refractivity contribution in [1.29, 1.82) is 0 Å². The first-order chi connectivity index (χ1) is 13.9. The molecular weight excluding hydrogens is 394 g/mol. The SMILES string of the molecule is O=C(CNc1ccc(S(=O)(=O)N2CCCCCC2)cc1)c1ccc([N+](=O)[O-])cc1. The first kappa shape index (κ1) is 20.9. The zero-order chi connectivity index (χ0) is 20.9. The number of carbonyl (C=O) groups excluding carboxylic acids is 1. The minimum absolute atomic E-state index is 0.00394. The Morgan fingerprint density at radius 2 is 1.55 bits per heavy atom. The van der Waals surface area contributed by atoms with Crippen molar-refractivity contribution in [3.63, 3.8) is 0 Å². The number of sulfonamides is 1. The third-order valence-corrected chi connectivity index (χ3v) is 6.82. The van der Waals surface area contributed by atoms with Crippen LogP contribution in [0.5, 0.6) is 0 Å². The number of nitrogens with one attached hydrogen (secondary N) is 1. The maximum Gasteiger partial charge on any atom is 0.269 e. The van der Waals surface area contributed by atoms with Gasteiger partial charge < -0.3 is 5.32 Å². The molecule has 8 nitrogen and oxygen atoms in total. The maximum absolute atomic E-state index is 12.8. The molecule has 2 aromatic rings. The molecule has 1 aliphatic heterocycles. The first-order valence-electron chi connectivity index (χ1n) is 9.50. The van der Waals surface area contributed by atoms with Crippen LogP contribution in [0.3, 0.4) is 0 Å². The summed E-state index contributed by atoms with van der Waals surface area (Å²) in [6.07, 6.45) is 3.86. The van der Waals surface area contributed by atoms with E-state index in [1.54, 1.807) is 28.6 Å². The fraction of sp³-hybridized carbons (Fsp3) is 0.350. The number of non-ortho nitro benzene ring substituents is 1. The lowest BCUT2D eigenvalue weighted by Gasteiger charge is -2.20. The summed E-state index contributed by atoms with van der Waals surface area (Å²) in [4.78, 5) is 22.6. The van der Waals surface area contributed by atoms with E-state index in [1.807, 2.05) is 0 Å². The number of anilines is 1. The highest BCUT2D eigenvalue weighted by Crippen LogP contribution is 2.22. The van der Waals surface area contributed by atoms with Gasteiger partial charge in [0.1, 0.15) is 0 Å². The molecule has 0 spiro atoms. The molecule has 1 saturated heterocycles. The van der Waals surface area contributed by atoms with Gasteiger partial charge in [0.05, 0.1) is 16.4 Å². The Morgan fingerprint density at radius 3 is 2.10 bits per heavy atom. The van der Waals surface area contributed by atoms with Gasteiger partial charge in [-0.3, -0.25) is 14.9 Å². The molecule has 0 bridgehead atoms. The van der Waals surface area contributed by atoms with Gasteiger partial charge in [0.15, 0.2) is 5.78 Å². The van der Waals surface area contributed by atoms with Crippen LogP contribution < -0.4 is 5.32 Å². The molecule has 1 heterocycles. The van der Waals surface area contributed by atoms with Gasteiger partial charge in [-0.15, -0.1) is 0 Å². The average molecular weight is 417 g/mol. The Kier molecular flexibility index (Phi) is 6.60. The highest BCUT2D eigenvalue weighted by Gasteiger charge is 2.24. The fourth-order valence-corrected chi connectivity index (χ4v) is 4.75. The van der Waals surface area contributed by atoms with Crippen LogP contribution in [-0.4, -0.2) is 43.1 Å². The minimum Gasteiger partial charge on any atom is -0.378 e. The fourth-order valence-electron chi connectivity index (χ4n) is 3.23. The summed E-state index contributed by atoms with van der Waals surface area (Å²) in [5.74, 6) is -0.221. The van der Waals surface area contributed by atoms with Gasteiger partial charge in [0.2, 0.25) is 10.0 Å². The lowest BCUT2D eigenvalue weighted by atomic mass is 10.1.